The molecule has 6 nitrogen and oxygen atoms in total. The van der Waals surface area contributed by atoms with Crippen LogP contribution in [0.4, 0.5) is 5.95 Å². The van der Waals surface area contributed by atoms with Crippen LogP contribution < -0.4 is 5.32 Å². The summed E-state index contributed by atoms with van der Waals surface area (Å²) < 4.78 is 7.45. The number of nitrogens with one attached hydrogen (secondary N) is 1. The maximum Gasteiger partial charge on any atom is 0.223 e. The largest absolute Gasteiger partial charge is 0.376 e. The Labute approximate surface area is 118 Å². The van der Waals surface area contributed by atoms with E-state index in [1.165, 1.54) is 12.8 Å². The molecule has 106 valence electrons. The van der Waals surface area contributed by atoms with Crippen LogP contribution in [0, 0.1) is 0 Å². The van der Waals surface area contributed by atoms with Crippen molar-refractivity contribution in [2.45, 2.75) is 25.4 Å². The van der Waals surface area contributed by atoms with Gasteiger partial charge in [-0.25, -0.2) is 9.97 Å². The SMILES string of the molecule is Cn1cc(-c2ccnc(NC[C@H]3CCCCO3)n2)cn1. The maximum atomic E-state index is 5.69. The summed E-state index contributed by atoms with van der Waals surface area (Å²) in [5.41, 5.74) is 1.87. The topological polar surface area (TPSA) is 64.9 Å². The van der Waals surface area contributed by atoms with Crippen LogP contribution in [0.15, 0.2) is 24.7 Å². The first-order chi connectivity index (χ1) is 9.81. The lowest BCUT2D eigenvalue weighted by Gasteiger charge is -2.22. The van der Waals surface area contributed by atoms with E-state index in [-0.39, 0.29) is 6.10 Å². The molecule has 1 aliphatic rings. The van der Waals surface area contributed by atoms with E-state index < -0.39 is 0 Å². The molecule has 0 unspecified atom stereocenters. The van der Waals surface area contributed by atoms with Gasteiger partial charge in [0.2, 0.25) is 5.95 Å². The summed E-state index contributed by atoms with van der Waals surface area (Å²) in [5.74, 6) is 0.639. The lowest BCUT2D eigenvalue weighted by Crippen LogP contribution is -2.27. The third kappa shape index (κ3) is 3.14. The highest BCUT2D eigenvalue weighted by Gasteiger charge is 2.14. The van der Waals surface area contributed by atoms with Gasteiger partial charge in [-0.05, 0) is 25.3 Å². The number of ether oxygens (including phenoxy) is 1. The van der Waals surface area contributed by atoms with E-state index in [1.54, 1.807) is 17.1 Å². The average molecular weight is 273 g/mol. The number of rotatable bonds is 4. The molecule has 20 heavy (non-hydrogen) atoms. The molecule has 3 heterocycles. The monoisotopic (exact) mass is 273 g/mol. The summed E-state index contributed by atoms with van der Waals surface area (Å²) in [6, 6.07) is 1.89. The molecule has 3 rings (SSSR count). The molecule has 0 radical (unpaired) electrons. The van der Waals surface area contributed by atoms with Gasteiger partial charge in [0.25, 0.3) is 0 Å². The zero-order valence-electron chi connectivity index (χ0n) is 11.6. The molecule has 0 saturated carbocycles. The normalized spacial score (nSPS) is 18.9. The van der Waals surface area contributed by atoms with Gasteiger partial charge in [-0.15, -0.1) is 0 Å². The Balaban J connectivity index is 1.65. The molecule has 1 atom stereocenters. The van der Waals surface area contributed by atoms with Crippen molar-refractivity contribution in [1.29, 1.82) is 0 Å². The van der Waals surface area contributed by atoms with Crippen LogP contribution in [0.1, 0.15) is 19.3 Å². The lowest BCUT2D eigenvalue weighted by molar-refractivity contribution is 0.0246. The van der Waals surface area contributed by atoms with Crippen molar-refractivity contribution < 1.29 is 4.74 Å². The standard InChI is InChI=1S/C14H19N5O/c1-19-10-11(8-17-19)13-5-6-15-14(18-13)16-9-12-4-2-3-7-20-12/h5-6,8,10,12H,2-4,7,9H2,1H3,(H,15,16,18)/t12-/m1/s1. The molecule has 6 heteroatoms. The van der Waals surface area contributed by atoms with Gasteiger partial charge in [0.05, 0.1) is 18.0 Å². The van der Waals surface area contributed by atoms with Crippen LogP contribution in [0.3, 0.4) is 0 Å². The first kappa shape index (κ1) is 13.1. The van der Waals surface area contributed by atoms with E-state index in [2.05, 4.69) is 20.4 Å². The second-order valence-corrected chi connectivity index (χ2v) is 5.04. The summed E-state index contributed by atoms with van der Waals surface area (Å²) >= 11 is 0. The lowest BCUT2D eigenvalue weighted by atomic mass is 10.1. The minimum absolute atomic E-state index is 0.273. The zero-order chi connectivity index (χ0) is 13.8. The number of hydrogen-bond donors (Lipinski definition) is 1. The predicted octanol–water partition coefficient (Wildman–Crippen LogP) is 1.86. The Kier molecular flexibility index (Phi) is 3.92. The van der Waals surface area contributed by atoms with Gasteiger partial charge in [-0.2, -0.15) is 5.10 Å². The van der Waals surface area contributed by atoms with E-state index in [4.69, 9.17) is 4.74 Å². The highest BCUT2D eigenvalue weighted by Crippen LogP contribution is 2.17. The van der Waals surface area contributed by atoms with Gasteiger partial charge in [0, 0.05) is 38.2 Å². The fourth-order valence-electron chi connectivity index (χ4n) is 2.33. The molecule has 0 bridgehead atoms. The molecule has 1 fully saturated rings. The Bertz CT molecular complexity index is 562. The van der Waals surface area contributed by atoms with Crippen LogP contribution in [0.5, 0.6) is 0 Å². The average Bonchev–Trinajstić information content (AvgIpc) is 2.93. The highest BCUT2D eigenvalue weighted by molar-refractivity contribution is 5.57. The van der Waals surface area contributed by atoms with Crippen molar-refractivity contribution in [2.75, 3.05) is 18.5 Å². The minimum atomic E-state index is 0.273. The summed E-state index contributed by atoms with van der Waals surface area (Å²) in [4.78, 5) is 8.76. The van der Waals surface area contributed by atoms with Crippen molar-refractivity contribution in [3.05, 3.63) is 24.7 Å². The van der Waals surface area contributed by atoms with Crippen LogP contribution in [-0.2, 0) is 11.8 Å². The van der Waals surface area contributed by atoms with Crippen LogP contribution >= 0.6 is 0 Å². The molecule has 0 aliphatic carbocycles. The van der Waals surface area contributed by atoms with Crippen molar-refractivity contribution in [1.82, 2.24) is 19.7 Å². The van der Waals surface area contributed by atoms with Gasteiger partial charge in [0.15, 0.2) is 0 Å². The first-order valence-corrected chi connectivity index (χ1v) is 6.99. The van der Waals surface area contributed by atoms with Gasteiger partial charge in [-0.1, -0.05) is 0 Å². The maximum absolute atomic E-state index is 5.69. The first-order valence-electron chi connectivity index (χ1n) is 6.99. The quantitative estimate of drug-likeness (QED) is 0.921. The number of aromatic nitrogens is 4. The van der Waals surface area contributed by atoms with Crippen LogP contribution in [0.2, 0.25) is 0 Å². The second-order valence-electron chi connectivity index (χ2n) is 5.04. The molecule has 1 aliphatic heterocycles. The molecule has 1 saturated heterocycles. The van der Waals surface area contributed by atoms with E-state index in [1.807, 2.05) is 19.3 Å². The third-order valence-corrected chi connectivity index (χ3v) is 3.42. The highest BCUT2D eigenvalue weighted by atomic mass is 16.5. The second kappa shape index (κ2) is 6.00. The Morgan fingerprint density at radius 2 is 2.40 bits per heavy atom. The van der Waals surface area contributed by atoms with Crippen molar-refractivity contribution in [3.63, 3.8) is 0 Å². The molecule has 1 N–H and O–H groups in total. The molecular formula is C14H19N5O. The minimum Gasteiger partial charge on any atom is -0.376 e. The molecule has 2 aromatic rings. The number of aryl methyl sites for hydroxylation is 1. The van der Waals surface area contributed by atoms with Gasteiger partial charge in [0.1, 0.15) is 0 Å². The van der Waals surface area contributed by atoms with E-state index in [0.29, 0.717) is 5.95 Å². The number of hydrogen-bond acceptors (Lipinski definition) is 5. The zero-order valence-corrected chi connectivity index (χ0v) is 11.6. The Morgan fingerprint density at radius 1 is 1.45 bits per heavy atom. The fraction of sp³-hybridized carbons (Fsp3) is 0.500. The van der Waals surface area contributed by atoms with E-state index in [0.717, 1.165) is 30.8 Å². The van der Waals surface area contributed by atoms with Crippen molar-refractivity contribution in [2.24, 2.45) is 7.05 Å². The van der Waals surface area contributed by atoms with Crippen LogP contribution in [0.25, 0.3) is 11.3 Å². The fourth-order valence-corrected chi connectivity index (χ4v) is 2.33. The van der Waals surface area contributed by atoms with Crippen molar-refractivity contribution >= 4 is 5.95 Å². The van der Waals surface area contributed by atoms with Gasteiger partial charge >= 0.3 is 0 Å². The molecule has 0 amide bonds. The van der Waals surface area contributed by atoms with Crippen LogP contribution in [-0.4, -0.2) is 39.0 Å². The third-order valence-electron chi connectivity index (χ3n) is 3.42. The van der Waals surface area contributed by atoms with E-state index in [9.17, 15) is 0 Å². The van der Waals surface area contributed by atoms with Gasteiger partial charge < -0.3 is 10.1 Å². The van der Waals surface area contributed by atoms with E-state index >= 15 is 0 Å². The number of anilines is 1. The summed E-state index contributed by atoms with van der Waals surface area (Å²) in [6.07, 6.45) is 9.29. The molecule has 0 aromatic carbocycles. The molecule has 0 spiro atoms. The Morgan fingerprint density at radius 3 is 3.15 bits per heavy atom. The van der Waals surface area contributed by atoms with Crippen molar-refractivity contribution in [3.8, 4) is 11.3 Å². The summed E-state index contributed by atoms with van der Waals surface area (Å²) in [5, 5.41) is 7.41. The number of nitrogens with zero attached hydrogens (tertiary/aromatic N) is 4. The molecule has 2 aromatic heterocycles. The molecular weight excluding hydrogens is 254 g/mol. The predicted molar refractivity (Wildman–Crippen MR) is 76.3 cm³/mol. The Hall–Kier alpha value is -1.95. The smallest absolute Gasteiger partial charge is 0.223 e. The van der Waals surface area contributed by atoms with Gasteiger partial charge in [-0.3, -0.25) is 4.68 Å². The summed E-state index contributed by atoms with van der Waals surface area (Å²) in [7, 11) is 1.89. The summed E-state index contributed by atoms with van der Waals surface area (Å²) in [6.45, 7) is 1.62.